The molecule has 2 heterocycles. The molecule has 4 heteroatoms. The van der Waals surface area contributed by atoms with Gasteiger partial charge in [-0.3, -0.25) is 9.36 Å². The maximum atomic E-state index is 4.62. The quantitative estimate of drug-likeness (QED) is 0.544. The molecule has 132 valence electrons. The molecule has 0 fully saturated rings. The zero-order chi connectivity index (χ0) is 18.3. The Morgan fingerprint density at radius 1 is 0.654 bits per heavy atom. The van der Waals surface area contributed by atoms with Crippen molar-refractivity contribution in [3.05, 3.63) is 82.4 Å². The lowest BCUT2D eigenvalue weighted by Crippen LogP contribution is -2.06. The normalized spacial score (nSPS) is 11.4. The largest absolute Gasteiger partial charge is 0.265 e. The molecular formula is C22H24N4. The fourth-order valence-electron chi connectivity index (χ4n) is 3.71. The third-order valence-corrected chi connectivity index (χ3v) is 4.95. The average molecular weight is 344 g/mol. The van der Waals surface area contributed by atoms with E-state index < -0.39 is 0 Å². The van der Waals surface area contributed by atoms with E-state index in [4.69, 9.17) is 0 Å². The van der Waals surface area contributed by atoms with Gasteiger partial charge in [-0.1, -0.05) is 36.4 Å². The van der Waals surface area contributed by atoms with Gasteiger partial charge in [-0.05, 0) is 61.7 Å². The predicted octanol–water partition coefficient (Wildman–Crippen LogP) is 4.56. The van der Waals surface area contributed by atoms with Crippen molar-refractivity contribution < 1.29 is 0 Å². The first-order chi connectivity index (χ1) is 12.5. The minimum atomic E-state index is 0.792. The monoisotopic (exact) mass is 344 g/mol. The van der Waals surface area contributed by atoms with Crippen molar-refractivity contribution in [2.45, 2.75) is 40.8 Å². The molecule has 0 saturated heterocycles. The molecule has 0 aliphatic carbocycles. The van der Waals surface area contributed by atoms with Crippen LogP contribution in [0.15, 0.2) is 48.5 Å². The molecular weight excluding hydrogens is 320 g/mol. The molecule has 2 aromatic carbocycles. The van der Waals surface area contributed by atoms with Crippen LogP contribution in [0.4, 0.5) is 0 Å². The maximum absolute atomic E-state index is 4.62. The fraction of sp³-hybridized carbons (Fsp3) is 0.273. The van der Waals surface area contributed by atoms with Crippen LogP contribution in [0.5, 0.6) is 0 Å². The number of hydrogen-bond donors (Lipinski definition) is 0. The van der Waals surface area contributed by atoms with Gasteiger partial charge in [0, 0.05) is 11.4 Å². The lowest BCUT2D eigenvalue weighted by molar-refractivity contribution is 0.659. The molecule has 4 aromatic rings. The Labute approximate surface area is 154 Å². The van der Waals surface area contributed by atoms with Gasteiger partial charge < -0.3 is 0 Å². The van der Waals surface area contributed by atoms with Crippen LogP contribution in [0.1, 0.15) is 33.9 Å². The van der Waals surface area contributed by atoms with Crippen molar-refractivity contribution >= 4 is 10.8 Å². The van der Waals surface area contributed by atoms with Gasteiger partial charge >= 0.3 is 0 Å². The number of nitrogens with zero attached hydrogens (tertiary/aromatic N) is 4. The summed E-state index contributed by atoms with van der Waals surface area (Å²) in [6, 6.07) is 17.4. The van der Waals surface area contributed by atoms with Crippen molar-refractivity contribution in [2.24, 2.45) is 0 Å². The van der Waals surface area contributed by atoms with Crippen LogP contribution in [-0.2, 0) is 13.1 Å². The molecule has 0 unspecified atom stereocenters. The Kier molecular flexibility index (Phi) is 4.11. The average Bonchev–Trinajstić information content (AvgIpc) is 3.08. The first kappa shape index (κ1) is 16.6. The van der Waals surface area contributed by atoms with E-state index in [1.54, 1.807) is 0 Å². The number of hydrogen-bond acceptors (Lipinski definition) is 2. The highest BCUT2D eigenvalue weighted by molar-refractivity contribution is 5.88. The summed E-state index contributed by atoms with van der Waals surface area (Å²) in [6.07, 6.45) is 0. The first-order valence-electron chi connectivity index (χ1n) is 9.03. The van der Waals surface area contributed by atoms with Crippen molar-refractivity contribution in [3.63, 3.8) is 0 Å². The summed E-state index contributed by atoms with van der Waals surface area (Å²) in [5, 5.41) is 11.8. The Bertz CT molecular complexity index is 997. The number of aromatic nitrogens is 4. The molecule has 0 bridgehead atoms. The van der Waals surface area contributed by atoms with Crippen molar-refractivity contribution in [1.82, 2.24) is 19.6 Å². The summed E-state index contributed by atoms with van der Waals surface area (Å²) in [5.41, 5.74) is 7.10. The Hall–Kier alpha value is -2.88. The van der Waals surface area contributed by atoms with Crippen LogP contribution in [0, 0.1) is 27.7 Å². The van der Waals surface area contributed by atoms with Gasteiger partial charge in [0.25, 0.3) is 0 Å². The van der Waals surface area contributed by atoms with Crippen LogP contribution >= 0.6 is 0 Å². The Morgan fingerprint density at radius 2 is 1.08 bits per heavy atom. The SMILES string of the molecule is Cc1cc(C)n(Cc2cccc3c(Cn4nc(C)cc4C)cccc23)n1. The molecule has 0 N–H and O–H groups in total. The smallest absolute Gasteiger partial charge is 0.0668 e. The molecule has 0 atom stereocenters. The molecule has 4 rings (SSSR count). The third kappa shape index (κ3) is 3.03. The van der Waals surface area contributed by atoms with E-state index in [-0.39, 0.29) is 0 Å². The number of fused-ring (bicyclic) bond motifs is 1. The molecule has 0 radical (unpaired) electrons. The third-order valence-electron chi connectivity index (χ3n) is 4.95. The van der Waals surface area contributed by atoms with Crippen molar-refractivity contribution in [2.75, 3.05) is 0 Å². The van der Waals surface area contributed by atoms with Gasteiger partial charge in [-0.2, -0.15) is 10.2 Å². The highest BCUT2D eigenvalue weighted by Gasteiger charge is 2.09. The number of rotatable bonds is 4. The van der Waals surface area contributed by atoms with Crippen LogP contribution < -0.4 is 0 Å². The topological polar surface area (TPSA) is 35.6 Å². The number of benzene rings is 2. The molecule has 0 aliphatic rings. The van der Waals surface area contributed by atoms with E-state index in [0.29, 0.717) is 0 Å². The van der Waals surface area contributed by atoms with Gasteiger partial charge in [0.05, 0.1) is 24.5 Å². The standard InChI is InChI=1S/C22H24N4/c1-15-11-17(3)25(23-15)13-19-7-5-10-22-20(8-6-9-21(19)22)14-26-18(4)12-16(2)24-26/h5-12H,13-14H2,1-4H3. The van der Waals surface area contributed by atoms with Gasteiger partial charge in [0.2, 0.25) is 0 Å². The van der Waals surface area contributed by atoms with Gasteiger partial charge in [-0.15, -0.1) is 0 Å². The summed E-state index contributed by atoms with van der Waals surface area (Å²) < 4.78 is 4.16. The Balaban J connectivity index is 1.75. The minimum absolute atomic E-state index is 0.792. The zero-order valence-electron chi connectivity index (χ0n) is 15.8. The lowest BCUT2D eigenvalue weighted by atomic mass is 10.00. The summed E-state index contributed by atoms with van der Waals surface area (Å²) >= 11 is 0. The van der Waals surface area contributed by atoms with E-state index in [1.165, 1.54) is 33.3 Å². The second-order valence-electron chi connectivity index (χ2n) is 7.10. The first-order valence-corrected chi connectivity index (χ1v) is 9.03. The van der Waals surface area contributed by atoms with E-state index in [2.05, 4.69) is 81.9 Å². The second-order valence-corrected chi connectivity index (χ2v) is 7.10. The second kappa shape index (κ2) is 6.45. The maximum Gasteiger partial charge on any atom is 0.0668 e. The van der Waals surface area contributed by atoms with Crippen LogP contribution in [0.25, 0.3) is 10.8 Å². The van der Waals surface area contributed by atoms with Crippen LogP contribution in [-0.4, -0.2) is 19.6 Å². The van der Waals surface area contributed by atoms with E-state index in [0.717, 1.165) is 24.5 Å². The summed E-state index contributed by atoms with van der Waals surface area (Å²) in [6.45, 7) is 9.89. The summed E-state index contributed by atoms with van der Waals surface area (Å²) in [4.78, 5) is 0. The lowest BCUT2D eigenvalue weighted by Gasteiger charge is -2.12. The van der Waals surface area contributed by atoms with E-state index >= 15 is 0 Å². The zero-order valence-corrected chi connectivity index (χ0v) is 15.8. The van der Waals surface area contributed by atoms with Crippen LogP contribution in [0.2, 0.25) is 0 Å². The molecule has 0 amide bonds. The van der Waals surface area contributed by atoms with Crippen molar-refractivity contribution in [1.29, 1.82) is 0 Å². The summed E-state index contributed by atoms with van der Waals surface area (Å²) in [5.74, 6) is 0. The number of aryl methyl sites for hydroxylation is 4. The van der Waals surface area contributed by atoms with E-state index in [9.17, 15) is 0 Å². The summed E-state index contributed by atoms with van der Waals surface area (Å²) in [7, 11) is 0. The Morgan fingerprint density at radius 3 is 1.42 bits per heavy atom. The molecule has 0 spiro atoms. The van der Waals surface area contributed by atoms with Gasteiger partial charge in [0.1, 0.15) is 0 Å². The predicted molar refractivity (Wildman–Crippen MR) is 106 cm³/mol. The highest BCUT2D eigenvalue weighted by atomic mass is 15.3. The molecule has 26 heavy (non-hydrogen) atoms. The van der Waals surface area contributed by atoms with Gasteiger partial charge in [0.15, 0.2) is 0 Å². The van der Waals surface area contributed by atoms with E-state index in [1.807, 2.05) is 13.8 Å². The fourth-order valence-corrected chi connectivity index (χ4v) is 3.71. The van der Waals surface area contributed by atoms with Crippen LogP contribution in [0.3, 0.4) is 0 Å². The minimum Gasteiger partial charge on any atom is -0.265 e. The van der Waals surface area contributed by atoms with Gasteiger partial charge in [-0.25, -0.2) is 0 Å². The molecule has 4 nitrogen and oxygen atoms in total. The van der Waals surface area contributed by atoms with Crippen molar-refractivity contribution in [3.8, 4) is 0 Å². The molecule has 0 saturated carbocycles. The molecule has 2 aromatic heterocycles. The molecule has 0 aliphatic heterocycles. The highest BCUT2D eigenvalue weighted by Crippen LogP contribution is 2.24.